The largest absolute Gasteiger partial charge is 0.399 e. The van der Waals surface area contributed by atoms with Crippen LogP contribution >= 0.6 is 0 Å². The third kappa shape index (κ3) is 4.31. The molecule has 0 fully saturated rings. The molecule has 134 valence electrons. The lowest BCUT2D eigenvalue weighted by Gasteiger charge is -2.09. The Morgan fingerprint density at radius 3 is 2.58 bits per heavy atom. The van der Waals surface area contributed by atoms with E-state index in [1.54, 1.807) is 13.0 Å². The fourth-order valence-electron chi connectivity index (χ4n) is 2.82. The first-order valence-corrected chi connectivity index (χ1v) is 8.61. The number of nitrogen functional groups attached to an aromatic ring is 1. The minimum absolute atomic E-state index is 0.0384. The molecule has 0 aliphatic rings. The number of hydrogen-bond acceptors (Lipinski definition) is 2. The van der Waals surface area contributed by atoms with Gasteiger partial charge in [-0.2, -0.15) is 0 Å². The van der Waals surface area contributed by atoms with Crippen LogP contribution in [0.5, 0.6) is 0 Å². The minimum Gasteiger partial charge on any atom is -0.399 e. The van der Waals surface area contributed by atoms with E-state index < -0.39 is 0 Å². The van der Waals surface area contributed by atoms with Crippen molar-refractivity contribution in [2.75, 3.05) is 5.73 Å². The van der Waals surface area contributed by atoms with E-state index >= 15 is 0 Å². The van der Waals surface area contributed by atoms with Gasteiger partial charge in [-0.05, 0) is 61.8 Å². The number of rotatable bonds is 7. The molecule has 1 aromatic heterocycles. The fraction of sp³-hybridized carbons (Fsp3) is 0.174. The van der Waals surface area contributed by atoms with E-state index in [-0.39, 0.29) is 5.78 Å². The van der Waals surface area contributed by atoms with Gasteiger partial charge in [0, 0.05) is 34.6 Å². The molecule has 0 spiro atoms. The van der Waals surface area contributed by atoms with E-state index in [0.29, 0.717) is 17.7 Å². The van der Waals surface area contributed by atoms with Crippen LogP contribution in [0.2, 0.25) is 0 Å². The van der Waals surface area contributed by atoms with Gasteiger partial charge in [-0.1, -0.05) is 30.9 Å². The maximum Gasteiger partial charge on any atom is 0.161 e. The van der Waals surface area contributed by atoms with Gasteiger partial charge < -0.3 is 10.7 Å². The van der Waals surface area contributed by atoms with Crippen molar-refractivity contribution in [3.63, 3.8) is 0 Å². The van der Waals surface area contributed by atoms with Crippen molar-refractivity contribution in [1.29, 1.82) is 0 Å². The first kappa shape index (κ1) is 19.3. The summed E-state index contributed by atoms with van der Waals surface area (Å²) in [6, 6.07) is 9.56. The number of ketones is 1. The second kappa shape index (κ2) is 8.34. The van der Waals surface area contributed by atoms with Crippen LogP contribution in [0.4, 0.5) is 5.69 Å². The molecule has 2 aromatic rings. The van der Waals surface area contributed by atoms with Gasteiger partial charge in [-0.15, -0.1) is 6.58 Å². The molecule has 0 aliphatic carbocycles. The number of carbonyl (C=O) groups is 1. The third-order valence-corrected chi connectivity index (χ3v) is 4.35. The van der Waals surface area contributed by atoms with Crippen LogP contribution in [0.3, 0.4) is 0 Å². The molecule has 1 aromatic carbocycles. The standard InChI is InChI=1S/C23H26N2O/c1-6-9-22-21(17(5)26)14-23(25-22)20(15(3)7-2)12-16(4)18-10-8-11-19(24)13-18/h6-8,10-14,25H,1,4,9,24H2,2-3,5H3/b15-7-,20-12+. The number of nitrogens with one attached hydrogen (secondary N) is 1. The Labute approximate surface area is 155 Å². The summed E-state index contributed by atoms with van der Waals surface area (Å²) in [6.45, 7) is 13.6. The molecule has 0 atom stereocenters. The van der Waals surface area contributed by atoms with Crippen LogP contribution in [0.15, 0.2) is 67.3 Å². The highest BCUT2D eigenvalue weighted by Gasteiger charge is 2.15. The van der Waals surface area contributed by atoms with Gasteiger partial charge in [0.1, 0.15) is 0 Å². The Morgan fingerprint density at radius 1 is 1.27 bits per heavy atom. The quantitative estimate of drug-likeness (QED) is 0.297. The highest BCUT2D eigenvalue weighted by atomic mass is 16.1. The predicted octanol–water partition coefficient (Wildman–Crippen LogP) is 5.59. The van der Waals surface area contributed by atoms with E-state index in [9.17, 15) is 4.79 Å². The number of Topliss-reactive ketones (excluding diaryl/α,β-unsaturated/α-hetero) is 1. The maximum absolute atomic E-state index is 12.0. The van der Waals surface area contributed by atoms with Gasteiger partial charge in [0.15, 0.2) is 5.78 Å². The lowest BCUT2D eigenvalue weighted by atomic mass is 9.97. The number of benzene rings is 1. The summed E-state index contributed by atoms with van der Waals surface area (Å²) >= 11 is 0. The summed E-state index contributed by atoms with van der Waals surface area (Å²) in [5.41, 5.74) is 13.0. The first-order chi connectivity index (χ1) is 12.4. The van der Waals surface area contributed by atoms with Crippen LogP contribution < -0.4 is 5.73 Å². The van der Waals surface area contributed by atoms with E-state index in [0.717, 1.165) is 33.7 Å². The molecule has 3 nitrogen and oxygen atoms in total. The molecule has 0 radical (unpaired) electrons. The van der Waals surface area contributed by atoms with Gasteiger partial charge in [-0.25, -0.2) is 0 Å². The molecule has 2 rings (SSSR count). The second-order valence-electron chi connectivity index (χ2n) is 6.30. The van der Waals surface area contributed by atoms with E-state index in [1.165, 1.54) is 0 Å². The number of H-pyrrole nitrogens is 1. The summed E-state index contributed by atoms with van der Waals surface area (Å²) in [7, 11) is 0. The van der Waals surface area contributed by atoms with Crippen molar-refractivity contribution >= 4 is 22.6 Å². The monoisotopic (exact) mass is 346 g/mol. The van der Waals surface area contributed by atoms with Crippen molar-refractivity contribution in [2.45, 2.75) is 27.2 Å². The number of nitrogens with two attached hydrogens (primary N) is 1. The summed E-state index contributed by atoms with van der Waals surface area (Å²) in [5, 5.41) is 0. The number of aromatic amines is 1. The van der Waals surface area contributed by atoms with Crippen molar-refractivity contribution in [3.8, 4) is 0 Å². The van der Waals surface area contributed by atoms with Gasteiger partial charge >= 0.3 is 0 Å². The van der Waals surface area contributed by atoms with Gasteiger partial charge in [0.25, 0.3) is 0 Å². The Kier molecular flexibility index (Phi) is 6.18. The predicted molar refractivity (Wildman–Crippen MR) is 112 cm³/mol. The summed E-state index contributed by atoms with van der Waals surface area (Å²) < 4.78 is 0. The Morgan fingerprint density at radius 2 is 2.00 bits per heavy atom. The highest BCUT2D eigenvalue weighted by Crippen LogP contribution is 2.29. The van der Waals surface area contributed by atoms with Crippen LogP contribution in [0, 0.1) is 0 Å². The summed E-state index contributed by atoms with van der Waals surface area (Å²) in [4.78, 5) is 15.4. The molecular formula is C23H26N2O. The summed E-state index contributed by atoms with van der Waals surface area (Å²) in [5.74, 6) is 0.0384. The SMILES string of the molecule is C=CCc1[nH]c(C(=C/C(=C)c2cccc(N)c2)/C(C)=C\C)cc1C(C)=O. The lowest BCUT2D eigenvalue weighted by molar-refractivity contribution is 0.101. The Hall–Kier alpha value is -3.07. The van der Waals surface area contributed by atoms with Gasteiger partial charge in [-0.3, -0.25) is 4.79 Å². The average Bonchev–Trinajstić information content (AvgIpc) is 3.03. The number of carbonyl (C=O) groups excluding carboxylic acids is 1. The Balaban J connectivity index is 2.55. The topological polar surface area (TPSA) is 58.9 Å². The van der Waals surface area contributed by atoms with Crippen molar-refractivity contribution in [3.05, 3.63) is 89.8 Å². The summed E-state index contributed by atoms with van der Waals surface area (Å²) in [6.07, 6.45) is 6.48. The minimum atomic E-state index is 0.0384. The van der Waals surface area contributed by atoms with Crippen LogP contribution in [-0.2, 0) is 6.42 Å². The molecule has 1 heterocycles. The maximum atomic E-state index is 12.0. The number of anilines is 1. The Bertz CT molecular complexity index is 910. The fourth-order valence-corrected chi connectivity index (χ4v) is 2.82. The molecule has 0 amide bonds. The molecule has 0 saturated heterocycles. The molecule has 26 heavy (non-hydrogen) atoms. The first-order valence-electron chi connectivity index (χ1n) is 8.61. The molecular weight excluding hydrogens is 320 g/mol. The van der Waals surface area contributed by atoms with Gasteiger partial charge in [0.2, 0.25) is 0 Å². The smallest absolute Gasteiger partial charge is 0.161 e. The molecule has 0 unspecified atom stereocenters. The molecule has 0 bridgehead atoms. The van der Waals surface area contributed by atoms with Crippen LogP contribution in [-0.4, -0.2) is 10.8 Å². The zero-order chi connectivity index (χ0) is 19.3. The van der Waals surface area contributed by atoms with Gasteiger partial charge in [0.05, 0.1) is 0 Å². The van der Waals surface area contributed by atoms with Crippen LogP contribution in [0.25, 0.3) is 11.1 Å². The molecule has 0 saturated carbocycles. The average molecular weight is 346 g/mol. The third-order valence-electron chi connectivity index (χ3n) is 4.35. The van der Waals surface area contributed by atoms with Crippen LogP contribution in [0.1, 0.15) is 48.1 Å². The van der Waals surface area contributed by atoms with E-state index in [2.05, 4.69) is 18.1 Å². The number of allylic oxidation sites excluding steroid dienone is 6. The molecule has 3 heteroatoms. The molecule has 3 N–H and O–H groups in total. The van der Waals surface area contributed by atoms with Crippen molar-refractivity contribution < 1.29 is 4.79 Å². The van der Waals surface area contributed by atoms with E-state index in [1.807, 2.05) is 56.3 Å². The zero-order valence-corrected chi connectivity index (χ0v) is 15.7. The highest BCUT2D eigenvalue weighted by molar-refractivity contribution is 5.97. The number of aromatic nitrogens is 1. The van der Waals surface area contributed by atoms with Crippen molar-refractivity contribution in [1.82, 2.24) is 4.98 Å². The van der Waals surface area contributed by atoms with Crippen molar-refractivity contribution in [2.24, 2.45) is 0 Å². The molecule has 0 aliphatic heterocycles. The zero-order valence-electron chi connectivity index (χ0n) is 15.7. The van der Waals surface area contributed by atoms with E-state index in [4.69, 9.17) is 5.73 Å². The lowest BCUT2D eigenvalue weighted by Crippen LogP contribution is -1.95. The normalized spacial score (nSPS) is 12.1. The second-order valence-corrected chi connectivity index (χ2v) is 6.30. The number of hydrogen-bond donors (Lipinski definition) is 2.